The summed E-state index contributed by atoms with van der Waals surface area (Å²) in [5, 5.41) is 78.4. The Morgan fingerprint density at radius 2 is 0.860 bits per heavy atom. The molecule has 0 aromatic heterocycles. The molecule has 0 saturated carbocycles. The number of allylic oxidation sites excluding steroid dienone is 8. The minimum absolute atomic E-state index is 0.00462. The number of fused-ring (bicyclic) bond motifs is 2. The number of hydrogen-bond donors (Lipinski definition) is 0. The molecule has 0 unspecified atom stereocenters. The quantitative estimate of drug-likeness (QED) is 0.345. The number of rotatable bonds is 2. The van der Waals surface area contributed by atoms with Crippen molar-refractivity contribution in [2.24, 2.45) is 0 Å². The third-order valence-corrected chi connectivity index (χ3v) is 7.02. The van der Waals surface area contributed by atoms with Gasteiger partial charge >= 0.3 is 0 Å². The van der Waals surface area contributed by atoms with Gasteiger partial charge in [-0.25, -0.2) is 4.39 Å². The van der Waals surface area contributed by atoms with Crippen molar-refractivity contribution in [3.8, 4) is 48.6 Å². The molecule has 0 fully saturated rings. The van der Waals surface area contributed by atoms with Crippen molar-refractivity contribution >= 4 is 33.4 Å². The molecule has 0 bridgehead atoms. The van der Waals surface area contributed by atoms with E-state index in [0.717, 1.165) is 12.1 Å². The van der Waals surface area contributed by atoms with Crippen LogP contribution in [0.25, 0.3) is 33.4 Å². The monoisotopic (exact) mass is 548 g/mol. The van der Waals surface area contributed by atoms with E-state index in [0.29, 0.717) is 11.1 Å². The highest BCUT2D eigenvalue weighted by Crippen LogP contribution is 2.51. The van der Waals surface area contributed by atoms with Gasteiger partial charge in [0.25, 0.3) is 0 Å². The summed E-state index contributed by atoms with van der Waals surface area (Å²) in [7, 11) is 0. The highest BCUT2D eigenvalue weighted by Gasteiger charge is 2.34. The van der Waals surface area contributed by atoms with Gasteiger partial charge in [0.1, 0.15) is 53.4 Å². The maximum Gasteiger partial charge on any atom is 0.138 e. The Bertz CT molecular complexity index is 2130. The Balaban J connectivity index is 1.89. The highest BCUT2D eigenvalue weighted by molar-refractivity contribution is 6.28. The zero-order valence-electron chi connectivity index (χ0n) is 21.7. The first-order valence-corrected chi connectivity index (χ1v) is 12.2. The highest BCUT2D eigenvalue weighted by atomic mass is 19.1. The SMILES string of the molecule is N#CC(C#N)=C1C(c2cc(F)cc(C3=C(C#N)c4cc(C#N)ccc4C3=C(C#N)C#N)c2)=C(C#N)c2cc(C#N)ccc21. The topological polar surface area (TPSA) is 190 Å². The van der Waals surface area contributed by atoms with E-state index in [1.807, 2.05) is 36.4 Å². The molecule has 192 valence electrons. The number of nitrogens with zero attached hydrogens (tertiary/aromatic N) is 8. The summed E-state index contributed by atoms with van der Waals surface area (Å²) in [5.74, 6) is -0.811. The van der Waals surface area contributed by atoms with Crippen molar-refractivity contribution in [2.45, 2.75) is 0 Å². The van der Waals surface area contributed by atoms with Crippen molar-refractivity contribution in [3.05, 3.63) is 116 Å². The van der Waals surface area contributed by atoms with Gasteiger partial charge in [-0.2, -0.15) is 42.1 Å². The standard InChI is InChI=1S/C34H9FN8/c35-24-8-20(31-29(16-42)27-5-18(10-36)1-3-25(27)33(31)22(12-38)13-39)7-21(9-24)32-30(17-43)28-6-19(11-37)2-4-26(28)34(32)23(14-40)15-41/h1-9H. The summed E-state index contributed by atoms with van der Waals surface area (Å²) in [5.41, 5.74) is 1.43. The van der Waals surface area contributed by atoms with Gasteiger partial charge in [0.2, 0.25) is 0 Å². The van der Waals surface area contributed by atoms with Crippen LogP contribution in [0.5, 0.6) is 0 Å². The molecule has 0 N–H and O–H groups in total. The van der Waals surface area contributed by atoms with Crippen LogP contribution in [0.3, 0.4) is 0 Å². The molecule has 0 spiro atoms. The smallest absolute Gasteiger partial charge is 0.138 e. The van der Waals surface area contributed by atoms with E-state index >= 15 is 4.39 Å². The average molecular weight is 549 g/mol. The Morgan fingerprint density at radius 1 is 0.465 bits per heavy atom. The molecular formula is C34H9FN8. The van der Waals surface area contributed by atoms with Gasteiger partial charge in [0.05, 0.1) is 34.4 Å². The number of nitriles is 8. The van der Waals surface area contributed by atoms with Gasteiger partial charge in [0.15, 0.2) is 0 Å². The molecule has 0 heterocycles. The molecule has 43 heavy (non-hydrogen) atoms. The molecule has 0 amide bonds. The lowest BCUT2D eigenvalue weighted by Crippen LogP contribution is -1.96. The lowest BCUT2D eigenvalue weighted by molar-refractivity contribution is 0.627. The predicted octanol–water partition coefficient (Wildman–Crippen LogP) is 6.07. The van der Waals surface area contributed by atoms with E-state index in [1.54, 1.807) is 0 Å². The molecule has 8 nitrogen and oxygen atoms in total. The molecule has 9 heteroatoms. The summed E-state index contributed by atoms with van der Waals surface area (Å²) >= 11 is 0. The summed E-state index contributed by atoms with van der Waals surface area (Å²) in [6.07, 6.45) is 0. The van der Waals surface area contributed by atoms with Crippen LogP contribution in [-0.4, -0.2) is 0 Å². The summed E-state index contributed by atoms with van der Waals surface area (Å²) in [6.45, 7) is 0. The Hall–Kier alpha value is -7.53. The van der Waals surface area contributed by atoms with Crippen LogP contribution in [0.2, 0.25) is 0 Å². The lowest BCUT2D eigenvalue weighted by atomic mass is 9.88. The average Bonchev–Trinajstić information content (AvgIpc) is 3.53. The molecule has 0 atom stereocenters. The van der Waals surface area contributed by atoms with Crippen LogP contribution in [0, 0.1) is 96.5 Å². The lowest BCUT2D eigenvalue weighted by Gasteiger charge is -2.13. The van der Waals surface area contributed by atoms with Gasteiger partial charge in [-0.3, -0.25) is 0 Å². The fraction of sp³-hybridized carbons (Fsp3) is 0. The van der Waals surface area contributed by atoms with Crippen LogP contribution >= 0.6 is 0 Å². The van der Waals surface area contributed by atoms with Crippen LogP contribution in [0.1, 0.15) is 44.5 Å². The van der Waals surface area contributed by atoms with E-state index in [4.69, 9.17) is 0 Å². The normalized spacial score (nSPS) is 12.3. The third kappa shape index (κ3) is 4.07. The van der Waals surface area contributed by atoms with E-state index < -0.39 is 5.82 Å². The van der Waals surface area contributed by atoms with Crippen LogP contribution in [0.4, 0.5) is 4.39 Å². The van der Waals surface area contributed by atoms with E-state index in [2.05, 4.69) is 12.1 Å². The van der Waals surface area contributed by atoms with Crippen molar-refractivity contribution in [3.63, 3.8) is 0 Å². The number of halogens is 1. The van der Waals surface area contributed by atoms with Crippen LogP contribution in [0.15, 0.2) is 65.7 Å². The first kappa shape index (κ1) is 27.1. The third-order valence-electron chi connectivity index (χ3n) is 7.02. The second kappa shape index (κ2) is 10.6. The maximum atomic E-state index is 15.5. The van der Waals surface area contributed by atoms with Gasteiger partial charge < -0.3 is 0 Å². The molecule has 2 aliphatic rings. The summed E-state index contributed by atoms with van der Waals surface area (Å²) < 4.78 is 15.5. The van der Waals surface area contributed by atoms with Crippen LogP contribution < -0.4 is 0 Å². The fourth-order valence-corrected chi connectivity index (χ4v) is 5.35. The van der Waals surface area contributed by atoms with E-state index in [9.17, 15) is 42.1 Å². The van der Waals surface area contributed by atoms with Crippen molar-refractivity contribution in [1.29, 1.82) is 42.1 Å². The summed E-state index contributed by atoms with van der Waals surface area (Å²) in [6, 6.07) is 27.9. The zero-order chi connectivity index (χ0) is 30.8. The van der Waals surface area contributed by atoms with Crippen molar-refractivity contribution in [1.82, 2.24) is 0 Å². The largest absolute Gasteiger partial charge is 0.207 e. The van der Waals surface area contributed by atoms with Gasteiger partial charge in [-0.15, -0.1) is 0 Å². The second-order valence-electron chi connectivity index (χ2n) is 9.14. The Labute approximate surface area is 244 Å². The molecule has 2 aliphatic carbocycles. The van der Waals surface area contributed by atoms with Crippen molar-refractivity contribution < 1.29 is 4.39 Å². The second-order valence-corrected chi connectivity index (χ2v) is 9.14. The molecule has 3 aromatic carbocycles. The van der Waals surface area contributed by atoms with Gasteiger partial charge in [-0.05, 0) is 64.7 Å². The first-order valence-electron chi connectivity index (χ1n) is 12.2. The molecular weight excluding hydrogens is 539 g/mol. The van der Waals surface area contributed by atoms with Gasteiger partial charge in [-0.1, -0.05) is 12.1 Å². The summed E-state index contributed by atoms with van der Waals surface area (Å²) in [4.78, 5) is 0. The van der Waals surface area contributed by atoms with Gasteiger partial charge in [0, 0.05) is 33.4 Å². The zero-order valence-corrected chi connectivity index (χ0v) is 21.7. The molecule has 3 aromatic rings. The Kier molecular flexibility index (Phi) is 6.64. The maximum absolute atomic E-state index is 15.5. The number of benzene rings is 3. The predicted molar refractivity (Wildman–Crippen MR) is 150 cm³/mol. The Morgan fingerprint density at radius 3 is 1.19 bits per heavy atom. The van der Waals surface area contributed by atoms with E-state index in [-0.39, 0.29) is 78.0 Å². The van der Waals surface area contributed by atoms with Crippen molar-refractivity contribution in [2.75, 3.05) is 0 Å². The minimum atomic E-state index is -0.811. The molecule has 0 radical (unpaired) electrons. The molecule has 5 rings (SSSR count). The first-order chi connectivity index (χ1) is 20.9. The molecule has 0 saturated heterocycles. The number of hydrogen-bond acceptors (Lipinski definition) is 8. The van der Waals surface area contributed by atoms with E-state index in [1.165, 1.54) is 42.5 Å². The fourth-order valence-electron chi connectivity index (χ4n) is 5.35. The van der Waals surface area contributed by atoms with Crippen LogP contribution in [-0.2, 0) is 0 Å². The minimum Gasteiger partial charge on any atom is -0.207 e. The molecule has 0 aliphatic heterocycles.